The number of nitrogens with zero attached hydrogens (tertiary/aromatic N) is 1. The number of nitrogens with two attached hydrogens (primary N) is 2. The molecule has 0 atom stereocenters. The van der Waals surface area contributed by atoms with E-state index in [4.69, 9.17) is 11.5 Å². The topological polar surface area (TPSA) is 103 Å². The first-order chi connectivity index (χ1) is 8.15. The van der Waals surface area contributed by atoms with Crippen molar-refractivity contribution in [3.8, 4) is 0 Å². The van der Waals surface area contributed by atoms with Crippen LogP contribution < -0.4 is 16.8 Å². The average molecular weight is 252 g/mol. The van der Waals surface area contributed by atoms with E-state index in [0.29, 0.717) is 12.2 Å². The molecule has 2 aromatic rings. The number of fused-ring (bicyclic) bond motifs is 1. The summed E-state index contributed by atoms with van der Waals surface area (Å²) in [6.07, 6.45) is -0.774. The summed E-state index contributed by atoms with van der Waals surface area (Å²) >= 11 is 1.50. The minimum absolute atomic E-state index is 0.216. The van der Waals surface area contributed by atoms with Crippen molar-refractivity contribution in [3.05, 3.63) is 18.2 Å². The number of anilines is 2. The van der Waals surface area contributed by atoms with Crippen LogP contribution in [0.5, 0.6) is 0 Å². The molecule has 0 aliphatic heterocycles. The van der Waals surface area contributed by atoms with Crippen LogP contribution in [0.1, 0.15) is 0 Å². The number of carbonyl (C=O) groups excluding carboxylic acids is 1. The molecule has 0 unspecified atom stereocenters. The maximum atomic E-state index is 10.3. The number of hydrogen-bond acceptors (Lipinski definition) is 6. The first kappa shape index (κ1) is 11.5. The van der Waals surface area contributed by atoms with Crippen molar-refractivity contribution in [2.24, 2.45) is 5.73 Å². The zero-order valence-corrected chi connectivity index (χ0v) is 9.79. The van der Waals surface area contributed by atoms with Crippen molar-refractivity contribution in [3.63, 3.8) is 0 Å². The molecule has 0 radical (unpaired) electrons. The number of amides is 1. The molecule has 0 saturated carbocycles. The van der Waals surface area contributed by atoms with Crippen molar-refractivity contribution < 1.29 is 9.53 Å². The van der Waals surface area contributed by atoms with Gasteiger partial charge in [0.1, 0.15) is 6.61 Å². The number of benzene rings is 1. The first-order valence-electron chi connectivity index (χ1n) is 4.97. The highest BCUT2D eigenvalue weighted by molar-refractivity contribution is 7.22. The number of hydrogen-bond donors (Lipinski definition) is 3. The number of thiazole rings is 1. The van der Waals surface area contributed by atoms with E-state index in [1.54, 1.807) is 0 Å². The third-order valence-electron chi connectivity index (χ3n) is 2.04. The summed E-state index contributed by atoms with van der Waals surface area (Å²) in [4.78, 5) is 14.7. The van der Waals surface area contributed by atoms with Crippen molar-refractivity contribution in [2.75, 3.05) is 24.2 Å². The molecule has 1 aromatic heterocycles. The number of rotatable bonds is 4. The van der Waals surface area contributed by atoms with Crippen molar-refractivity contribution in [2.45, 2.75) is 0 Å². The number of aromatic nitrogens is 1. The predicted molar refractivity (Wildman–Crippen MR) is 68.1 cm³/mol. The van der Waals surface area contributed by atoms with E-state index in [-0.39, 0.29) is 6.61 Å². The van der Waals surface area contributed by atoms with Gasteiger partial charge in [0, 0.05) is 5.69 Å². The van der Waals surface area contributed by atoms with E-state index < -0.39 is 6.09 Å². The first-order valence-corrected chi connectivity index (χ1v) is 5.79. The summed E-state index contributed by atoms with van der Waals surface area (Å²) in [6, 6.07) is 5.55. The van der Waals surface area contributed by atoms with Gasteiger partial charge in [0.2, 0.25) is 0 Å². The van der Waals surface area contributed by atoms with Gasteiger partial charge in [0.15, 0.2) is 5.13 Å². The predicted octanol–water partition coefficient (Wildman–Crippen LogP) is 1.39. The molecule has 7 heteroatoms. The van der Waals surface area contributed by atoms with Crippen LogP contribution in [0.3, 0.4) is 0 Å². The zero-order valence-electron chi connectivity index (χ0n) is 8.97. The molecule has 5 N–H and O–H groups in total. The molecular formula is C10H12N4O2S. The lowest BCUT2D eigenvalue weighted by atomic mass is 10.3. The monoisotopic (exact) mass is 252 g/mol. The molecule has 90 valence electrons. The van der Waals surface area contributed by atoms with E-state index in [9.17, 15) is 4.79 Å². The van der Waals surface area contributed by atoms with Gasteiger partial charge in [-0.15, -0.1) is 0 Å². The molecule has 2 rings (SSSR count). The van der Waals surface area contributed by atoms with Gasteiger partial charge >= 0.3 is 6.09 Å². The quantitative estimate of drug-likeness (QED) is 0.563. The van der Waals surface area contributed by atoms with Gasteiger partial charge < -0.3 is 21.5 Å². The minimum atomic E-state index is -0.774. The third kappa shape index (κ3) is 2.97. The molecule has 17 heavy (non-hydrogen) atoms. The Labute approximate surface area is 102 Å². The van der Waals surface area contributed by atoms with Crippen LogP contribution in [0.25, 0.3) is 10.2 Å². The van der Waals surface area contributed by atoms with Gasteiger partial charge in [-0.2, -0.15) is 0 Å². The largest absolute Gasteiger partial charge is 0.448 e. The third-order valence-corrected chi connectivity index (χ3v) is 3.01. The Morgan fingerprint density at radius 3 is 3.12 bits per heavy atom. The lowest BCUT2D eigenvalue weighted by Crippen LogP contribution is -2.18. The Morgan fingerprint density at radius 1 is 1.53 bits per heavy atom. The highest BCUT2D eigenvalue weighted by atomic mass is 32.1. The molecule has 0 fully saturated rings. The van der Waals surface area contributed by atoms with Crippen molar-refractivity contribution >= 4 is 38.5 Å². The standard InChI is InChI=1S/C10H12N4O2S/c11-6-1-2-7-8(5-6)17-10(14-7)13-3-4-16-9(12)15/h1-2,5H,3-4,11H2,(H2,12,15)(H,13,14). The highest BCUT2D eigenvalue weighted by Crippen LogP contribution is 2.27. The van der Waals surface area contributed by atoms with E-state index in [0.717, 1.165) is 15.3 Å². The maximum Gasteiger partial charge on any atom is 0.404 e. The van der Waals surface area contributed by atoms with E-state index in [1.165, 1.54) is 11.3 Å². The van der Waals surface area contributed by atoms with Gasteiger partial charge in [0.25, 0.3) is 0 Å². The van der Waals surface area contributed by atoms with Crippen molar-refractivity contribution in [1.82, 2.24) is 4.98 Å². The fourth-order valence-corrected chi connectivity index (χ4v) is 2.27. The molecule has 0 saturated heterocycles. The second kappa shape index (κ2) is 4.88. The molecule has 1 amide bonds. The summed E-state index contributed by atoms with van der Waals surface area (Å²) in [5.74, 6) is 0. The van der Waals surface area contributed by atoms with Crippen molar-refractivity contribution in [1.29, 1.82) is 0 Å². The molecule has 6 nitrogen and oxygen atoms in total. The Kier molecular flexibility index (Phi) is 3.29. The van der Waals surface area contributed by atoms with Gasteiger partial charge in [-0.05, 0) is 18.2 Å². The number of ether oxygens (including phenoxy) is 1. The molecule has 0 aliphatic carbocycles. The van der Waals surface area contributed by atoms with Crippen LogP contribution >= 0.6 is 11.3 Å². The summed E-state index contributed by atoms with van der Waals surface area (Å²) in [5.41, 5.74) is 12.1. The van der Waals surface area contributed by atoms with Gasteiger partial charge in [-0.25, -0.2) is 9.78 Å². The normalized spacial score (nSPS) is 10.4. The lowest BCUT2D eigenvalue weighted by molar-refractivity contribution is 0.161. The summed E-state index contributed by atoms with van der Waals surface area (Å²) in [6.45, 7) is 0.686. The number of carbonyl (C=O) groups is 1. The van der Waals surface area contributed by atoms with Crippen LogP contribution in [-0.2, 0) is 4.74 Å². The van der Waals surface area contributed by atoms with Crippen LogP contribution in [0.4, 0.5) is 15.6 Å². The second-order valence-electron chi connectivity index (χ2n) is 3.34. The molecule has 1 aromatic carbocycles. The number of nitrogens with one attached hydrogen (secondary N) is 1. The minimum Gasteiger partial charge on any atom is -0.448 e. The zero-order chi connectivity index (χ0) is 12.3. The molecule has 0 aliphatic rings. The summed E-state index contributed by atoms with van der Waals surface area (Å²) in [7, 11) is 0. The lowest BCUT2D eigenvalue weighted by Gasteiger charge is -2.01. The Balaban J connectivity index is 1.97. The average Bonchev–Trinajstić information content (AvgIpc) is 2.66. The van der Waals surface area contributed by atoms with Crippen LogP contribution in [-0.4, -0.2) is 24.2 Å². The Bertz CT molecular complexity index is 540. The maximum absolute atomic E-state index is 10.3. The van der Waals surface area contributed by atoms with Gasteiger partial charge in [-0.1, -0.05) is 11.3 Å². The molecule has 0 bridgehead atoms. The van der Waals surface area contributed by atoms with E-state index in [2.05, 4.69) is 15.0 Å². The highest BCUT2D eigenvalue weighted by Gasteiger charge is 2.03. The van der Waals surface area contributed by atoms with Crippen LogP contribution in [0.2, 0.25) is 0 Å². The fourth-order valence-electron chi connectivity index (χ4n) is 1.33. The molecular weight excluding hydrogens is 240 g/mol. The molecule has 0 spiro atoms. The van der Waals surface area contributed by atoms with Gasteiger partial charge in [0.05, 0.1) is 16.8 Å². The van der Waals surface area contributed by atoms with E-state index in [1.807, 2.05) is 18.2 Å². The van der Waals surface area contributed by atoms with Crippen LogP contribution in [0.15, 0.2) is 18.2 Å². The Morgan fingerprint density at radius 2 is 2.35 bits per heavy atom. The number of nitrogen functional groups attached to an aromatic ring is 1. The smallest absolute Gasteiger partial charge is 0.404 e. The SMILES string of the molecule is NC(=O)OCCNc1nc2ccc(N)cc2s1. The van der Waals surface area contributed by atoms with E-state index >= 15 is 0 Å². The second-order valence-corrected chi connectivity index (χ2v) is 4.37. The Hall–Kier alpha value is -2.02. The fraction of sp³-hybridized carbons (Fsp3) is 0.200. The summed E-state index contributed by atoms with van der Waals surface area (Å²) < 4.78 is 5.61. The number of primary amides is 1. The van der Waals surface area contributed by atoms with Gasteiger partial charge in [-0.3, -0.25) is 0 Å². The van der Waals surface area contributed by atoms with Crippen LogP contribution in [0, 0.1) is 0 Å². The molecule has 1 heterocycles. The summed E-state index contributed by atoms with van der Waals surface area (Å²) in [5, 5.41) is 3.81.